The minimum absolute atomic E-state index is 0.713. The van der Waals surface area contributed by atoms with Crippen LogP contribution in [-0.4, -0.2) is 15.0 Å². The quantitative estimate of drug-likeness (QED) is 0.208. The van der Waals surface area contributed by atoms with Gasteiger partial charge in [0.25, 0.3) is 0 Å². The summed E-state index contributed by atoms with van der Waals surface area (Å²) in [6.07, 6.45) is 0. The number of rotatable bonds is 4. The lowest BCUT2D eigenvalue weighted by Crippen LogP contribution is -1.96. The molecular weight excluding hydrogens is 518 g/mol. The van der Waals surface area contributed by atoms with Crippen LogP contribution >= 0.6 is 11.3 Å². The van der Waals surface area contributed by atoms with Gasteiger partial charge in [0.15, 0.2) is 5.82 Å². The Balaban J connectivity index is 1.31. The van der Waals surface area contributed by atoms with E-state index in [4.69, 9.17) is 15.0 Å². The van der Waals surface area contributed by atoms with Crippen LogP contribution in [0, 0.1) is 0 Å². The molecule has 0 saturated carbocycles. The highest BCUT2D eigenvalue weighted by Crippen LogP contribution is 2.38. The fraction of sp³-hybridized carbons (Fsp3) is 0. The molecule has 4 heteroatoms. The predicted molar refractivity (Wildman–Crippen MR) is 172 cm³/mol. The van der Waals surface area contributed by atoms with Crippen LogP contribution in [0.25, 0.3) is 76.2 Å². The van der Waals surface area contributed by atoms with Gasteiger partial charge in [-0.1, -0.05) is 121 Å². The number of benzene rings is 6. The standard InChI is InChI=1S/C37H23N3S/c1-4-10-24(11-5-1)31-23-32(25-12-6-2-7-13-25)39-36(38-31)29-18-20-30-28(22-29)17-16-26-19-21-33-35(34(26)30)40-37(41-33)27-14-8-3-9-15-27/h1-23H. The molecule has 0 N–H and O–H groups in total. The van der Waals surface area contributed by atoms with Gasteiger partial charge in [0.1, 0.15) is 5.01 Å². The number of hydrogen-bond acceptors (Lipinski definition) is 4. The molecule has 0 fully saturated rings. The summed E-state index contributed by atoms with van der Waals surface area (Å²) < 4.78 is 1.19. The molecule has 0 bridgehead atoms. The molecule has 2 heterocycles. The first-order valence-corrected chi connectivity index (χ1v) is 14.4. The molecule has 0 saturated heterocycles. The summed E-state index contributed by atoms with van der Waals surface area (Å²) in [5.74, 6) is 0.713. The summed E-state index contributed by atoms with van der Waals surface area (Å²) in [4.78, 5) is 15.2. The van der Waals surface area contributed by atoms with Crippen molar-refractivity contribution in [3.63, 3.8) is 0 Å². The fourth-order valence-electron chi connectivity index (χ4n) is 5.47. The van der Waals surface area contributed by atoms with Gasteiger partial charge in [-0.3, -0.25) is 0 Å². The number of aromatic nitrogens is 3. The maximum absolute atomic E-state index is 5.13. The Morgan fingerprint density at radius 2 is 1.02 bits per heavy atom. The normalized spacial score (nSPS) is 11.4. The highest BCUT2D eigenvalue weighted by atomic mass is 32.1. The van der Waals surface area contributed by atoms with E-state index in [9.17, 15) is 0 Å². The maximum atomic E-state index is 5.13. The van der Waals surface area contributed by atoms with Gasteiger partial charge in [-0.25, -0.2) is 15.0 Å². The van der Waals surface area contributed by atoms with Crippen LogP contribution in [-0.2, 0) is 0 Å². The lowest BCUT2D eigenvalue weighted by Gasteiger charge is -2.11. The lowest BCUT2D eigenvalue weighted by molar-refractivity contribution is 1.18. The Bertz CT molecular complexity index is 2130. The number of nitrogens with zero attached hydrogens (tertiary/aromatic N) is 3. The van der Waals surface area contributed by atoms with Crippen molar-refractivity contribution in [2.45, 2.75) is 0 Å². The summed E-state index contributed by atoms with van der Waals surface area (Å²) >= 11 is 1.74. The SMILES string of the molecule is c1ccc(-c2cc(-c3ccccc3)nc(-c3ccc4c(ccc5ccc6sc(-c7ccccc7)nc6c54)c3)n2)cc1. The summed E-state index contributed by atoms with van der Waals surface area (Å²) in [5.41, 5.74) is 7.14. The number of fused-ring (bicyclic) bond motifs is 5. The van der Waals surface area contributed by atoms with E-state index in [1.807, 2.05) is 42.5 Å². The monoisotopic (exact) mass is 541 g/mol. The van der Waals surface area contributed by atoms with Crippen LogP contribution < -0.4 is 0 Å². The lowest BCUT2D eigenvalue weighted by atomic mass is 9.99. The molecule has 0 aliphatic carbocycles. The van der Waals surface area contributed by atoms with Crippen LogP contribution in [0.5, 0.6) is 0 Å². The van der Waals surface area contributed by atoms with E-state index in [1.54, 1.807) is 11.3 Å². The Hall–Kier alpha value is -5.19. The third kappa shape index (κ3) is 4.26. The molecule has 2 aromatic heterocycles. The van der Waals surface area contributed by atoms with E-state index in [2.05, 4.69) is 97.1 Å². The van der Waals surface area contributed by atoms with Gasteiger partial charge < -0.3 is 0 Å². The number of hydrogen-bond donors (Lipinski definition) is 0. The zero-order valence-electron chi connectivity index (χ0n) is 22.0. The second-order valence-corrected chi connectivity index (χ2v) is 11.1. The van der Waals surface area contributed by atoms with Crippen molar-refractivity contribution in [2.24, 2.45) is 0 Å². The molecule has 0 amide bonds. The Morgan fingerprint density at radius 3 is 1.68 bits per heavy atom. The molecule has 8 rings (SSSR count). The first kappa shape index (κ1) is 23.7. The van der Waals surface area contributed by atoms with Crippen LogP contribution in [0.3, 0.4) is 0 Å². The van der Waals surface area contributed by atoms with Crippen molar-refractivity contribution in [1.29, 1.82) is 0 Å². The van der Waals surface area contributed by atoms with E-state index in [-0.39, 0.29) is 0 Å². The first-order valence-electron chi connectivity index (χ1n) is 13.6. The van der Waals surface area contributed by atoms with Gasteiger partial charge in [-0.15, -0.1) is 11.3 Å². The van der Waals surface area contributed by atoms with Gasteiger partial charge >= 0.3 is 0 Å². The zero-order chi connectivity index (χ0) is 27.2. The largest absolute Gasteiger partial charge is 0.235 e. The third-order valence-electron chi connectivity index (χ3n) is 7.50. The van der Waals surface area contributed by atoms with E-state index in [0.29, 0.717) is 5.82 Å². The van der Waals surface area contributed by atoms with E-state index in [0.717, 1.165) is 49.6 Å². The van der Waals surface area contributed by atoms with Crippen LogP contribution in [0.15, 0.2) is 140 Å². The summed E-state index contributed by atoms with van der Waals surface area (Å²) in [5, 5.41) is 5.75. The molecule has 0 radical (unpaired) electrons. The van der Waals surface area contributed by atoms with Crippen molar-refractivity contribution < 1.29 is 0 Å². The highest BCUT2D eigenvalue weighted by Gasteiger charge is 2.14. The topological polar surface area (TPSA) is 38.7 Å². The van der Waals surface area contributed by atoms with Gasteiger partial charge in [-0.2, -0.15) is 0 Å². The third-order valence-corrected chi connectivity index (χ3v) is 8.57. The van der Waals surface area contributed by atoms with Crippen molar-refractivity contribution in [3.05, 3.63) is 140 Å². The molecule has 0 spiro atoms. The van der Waals surface area contributed by atoms with E-state index in [1.165, 1.54) is 20.9 Å². The molecule has 0 aliphatic rings. The predicted octanol–water partition coefficient (Wildman–Crippen LogP) is 10.1. The van der Waals surface area contributed by atoms with Crippen molar-refractivity contribution in [2.75, 3.05) is 0 Å². The fourth-order valence-corrected chi connectivity index (χ4v) is 6.45. The average molecular weight is 542 g/mol. The van der Waals surface area contributed by atoms with Crippen LogP contribution in [0.1, 0.15) is 0 Å². The summed E-state index contributed by atoms with van der Waals surface area (Å²) in [6.45, 7) is 0. The van der Waals surface area contributed by atoms with Gasteiger partial charge in [-0.05, 0) is 34.4 Å². The molecule has 0 unspecified atom stereocenters. The summed E-state index contributed by atoms with van der Waals surface area (Å²) in [6, 6.07) is 48.4. The molecular formula is C37H23N3S. The molecule has 41 heavy (non-hydrogen) atoms. The molecule has 0 atom stereocenters. The maximum Gasteiger partial charge on any atom is 0.160 e. The van der Waals surface area contributed by atoms with Crippen LogP contribution in [0.2, 0.25) is 0 Å². The van der Waals surface area contributed by atoms with E-state index < -0.39 is 0 Å². The zero-order valence-corrected chi connectivity index (χ0v) is 22.8. The Labute approximate surface area is 241 Å². The van der Waals surface area contributed by atoms with Gasteiger partial charge in [0.2, 0.25) is 0 Å². The highest BCUT2D eigenvalue weighted by molar-refractivity contribution is 7.21. The average Bonchev–Trinajstić information content (AvgIpc) is 3.50. The second kappa shape index (κ2) is 9.77. The van der Waals surface area contributed by atoms with Gasteiger partial charge in [0, 0.05) is 27.6 Å². The van der Waals surface area contributed by atoms with Crippen molar-refractivity contribution in [1.82, 2.24) is 15.0 Å². The van der Waals surface area contributed by atoms with Crippen molar-refractivity contribution in [3.8, 4) is 44.5 Å². The van der Waals surface area contributed by atoms with Gasteiger partial charge in [0.05, 0.1) is 21.6 Å². The molecule has 6 aromatic carbocycles. The molecule has 192 valence electrons. The molecule has 0 aliphatic heterocycles. The smallest absolute Gasteiger partial charge is 0.160 e. The Morgan fingerprint density at radius 1 is 0.439 bits per heavy atom. The van der Waals surface area contributed by atoms with E-state index >= 15 is 0 Å². The number of thiazole rings is 1. The summed E-state index contributed by atoms with van der Waals surface area (Å²) in [7, 11) is 0. The van der Waals surface area contributed by atoms with Crippen molar-refractivity contribution >= 4 is 43.1 Å². The minimum atomic E-state index is 0.713. The molecule has 8 aromatic rings. The minimum Gasteiger partial charge on any atom is -0.235 e. The second-order valence-electron chi connectivity index (χ2n) is 10.1. The Kier molecular flexibility index (Phi) is 5.64. The van der Waals surface area contributed by atoms with Crippen LogP contribution in [0.4, 0.5) is 0 Å². The molecule has 3 nitrogen and oxygen atoms in total. The first-order chi connectivity index (χ1) is 20.3.